The molecule has 1 unspecified atom stereocenters. The van der Waals surface area contributed by atoms with Crippen LogP contribution >= 0.6 is 0 Å². The zero-order valence-electron chi connectivity index (χ0n) is 13.4. The molecule has 0 fully saturated rings. The van der Waals surface area contributed by atoms with Crippen molar-refractivity contribution in [3.05, 3.63) is 11.6 Å². The van der Waals surface area contributed by atoms with Crippen LogP contribution in [0.1, 0.15) is 52.9 Å². The van der Waals surface area contributed by atoms with E-state index in [0.29, 0.717) is 25.6 Å². The smallest absolute Gasteiger partial charge is 0.379 e. The maximum atomic E-state index is 11.4. The second-order valence-corrected chi connectivity index (χ2v) is 4.82. The molecule has 0 bridgehead atoms. The molecule has 120 valence electrons. The number of allylic oxidation sites excluding steroid dienone is 1. The van der Waals surface area contributed by atoms with Gasteiger partial charge in [0.15, 0.2) is 0 Å². The number of rotatable bonds is 12. The van der Waals surface area contributed by atoms with Crippen molar-refractivity contribution in [1.29, 1.82) is 5.26 Å². The fourth-order valence-corrected chi connectivity index (χ4v) is 1.76. The molecule has 0 rings (SSSR count). The Morgan fingerprint density at radius 1 is 1.29 bits per heavy atom. The molecule has 0 N–H and O–H groups in total. The summed E-state index contributed by atoms with van der Waals surface area (Å²) >= 11 is 0. The first-order valence-corrected chi connectivity index (χ1v) is 7.71. The van der Waals surface area contributed by atoms with Gasteiger partial charge in [0.25, 0.3) is 0 Å². The third kappa shape index (κ3) is 10.1. The highest BCUT2D eigenvalue weighted by Gasteiger charge is 2.11. The highest BCUT2D eigenvalue weighted by molar-refractivity contribution is 5.92. The minimum absolute atomic E-state index is 0.0379. The molecule has 0 aliphatic carbocycles. The lowest BCUT2D eigenvalue weighted by Crippen LogP contribution is -2.14. The quantitative estimate of drug-likeness (QED) is 0.181. The van der Waals surface area contributed by atoms with Crippen molar-refractivity contribution in [2.45, 2.75) is 52.9 Å². The van der Waals surface area contributed by atoms with Crippen molar-refractivity contribution < 1.29 is 19.3 Å². The standard InChI is InChI=1S/C16H27NO4/c1-4-7-9-14(6-3)13-19-10-11-20-21-16(18)15(12-17)8-5-2/h8,14H,4-7,9-11,13H2,1-3H3. The van der Waals surface area contributed by atoms with Gasteiger partial charge in [0.1, 0.15) is 18.2 Å². The average molecular weight is 297 g/mol. The minimum Gasteiger partial charge on any atom is -0.379 e. The highest BCUT2D eigenvalue weighted by atomic mass is 17.2. The Balaban J connectivity index is 3.70. The van der Waals surface area contributed by atoms with Gasteiger partial charge in [-0.15, -0.1) is 0 Å². The second-order valence-electron chi connectivity index (χ2n) is 4.82. The zero-order chi connectivity index (χ0) is 15.9. The number of hydrogen-bond donors (Lipinski definition) is 0. The van der Waals surface area contributed by atoms with E-state index in [2.05, 4.69) is 18.7 Å². The Bertz CT molecular complexity index is 347. The molecule has 0 aliphatic rings. The number of nitrogens with zero attached hydrogens (tertiary/aromatic N) is 1. The van der Waals surface area contributed by atoms with Crippen LogP contribution in [0.25, 0.3) is 0 Å². The monoisotopic (exact) mass is 297 g/mol. The molecule has 0 aromatic heterocycles. The summed E-state index contributed by atoms with van der Waals surface area (Å²) in [5.41, 5.74) is -0.0379. The van der Waals surface area contributed by atoms with Gasteiger partial charge in [-0.1, -0.05) is 46.1 Å². The van der Waals surface area contributed by atoms with Crippen molar-refractivity contribution in [2.75, 3.05) is 19.8 Å². The molecule has 0 spiro atoms. The molecule has 5 heteroatoms. The van der Waals surface area contributed by atoms with Crippen LogP contribution in [0.2, 0.25) is 0 Å². The van der Waals surface area contributed by atoms with Crippen molar-refractivity contribution in [2.24, 2.45) is 5.92 Å². The molecule has 5 nitrogen and oxygen atoms in total. The van der Waals surface area contributed by atoms with E-state index in [0.717, 1.165) is 6.42 Å². The summed E-state index contributed by atoms with van der Waals surface area (Å²) < 4.78 is 5.50. The fourth-order valence-electron chi connectivity index (χ4n) is 1.76. The lowest BCUT2D eigenvalue weighted by Gasteiger charge is -2.14. The molecule has 1 atom stereocenters. The Labute approximate surface area is 127 Å². The molecular formula is C16H27NO4. The van der Waals surface area contributed by atoms with Gasteiger partial charge in [-0.05, 0) is 18.8 Å². The Morgan fingerprint density at radius 3 is 2.62 bits per heavy atom. The number of carbonyl (C=O) groups is 1. The molecule has 0 amide bonds. The van der Waals surface area contributed by atoms with Crippen LogP contribution in [0.4, 0.5) is 0 Å². The van der Waals surface area contributed by atoms with Gasteiger partial charge in [-0.3, -0.25) is 4.89 Å². The summed E-state index contributed by atoms with van der Waals surface area (Å²) in [7, 11) is 0. The Hall–Kier alpha value is -1.38. The predicted octanol–water partition coefficient (Wildman–Crippen LogP) is 3.55. The van der Waals surface area contributed by atoms with Gasteiger partial charge in [0.2, 0.25) is 0 Å². The van der Waals surface area contributed by atoms with Gasteiger partial charge in [-0.2, -0.15) is 10.1 Å². The largest absolute Gasteiger partial charge is 0.383 e. The maximum absolute atomic E-state index is 11.4. The average Bonchev–Trinajstić information content (AvgIpc) is 2.50. The molecule has 0 heterocycles. The Kier molecular flexibility index (Phi) is 12.7. The zero-order valence-corrected chi connectivity index (χ0v) is 13.4. The van der Waals surface area contributed by atoms with E-state index in [1.165, 1.54) is 25.3 Å². The summed E-state index contributed by atoms with van der Waals surface area (Å²) in [6, 6.07) is 1.77. The molecule has 0 saturated heterocycles. The van der Waals surface area contributed by atoms with Crippen LogP contribution in [-0.2, 0) is 19.3 Å². The van der Waals surface area contributed by atoms with Crippen molar-refractivity contribution in [1.82, 2.24) is 0 Å². The summed E-state index contributed by atoms with van der Waals surface area (Å²) in [5, 5.41) is 8.73. The number of unbranched alkanes of at least 4 members (excludes halogenated alkanes) is 1. The number of hydrogen-bond acceptors (Lipinski definition) is 5. The molecule has 0 radical (unpaired) electrons. The summed E-state index contributed by atoms with van der Waals surface area (Å²) in [4.78, 5) is 20.7. The normalized spacial score (nSPS) is 12.8. The summed E-state index contributed by atoms with van der Waals surface area (Å²) in [5.74, 6) is -0.182. The molecular weight excluding hydrogens is 270 g/mol. The van der Waals surface area contributed by atoms with E-state index >= 15 is 0 Å². The van der Waals surface area contributed by atoms with E-state index in [9.17, 15) is 4.79 Å². The van der Waals surface area contributed by atoms with Crippen LogP contribution in [-0.4, -0.2) is 25.8 Å². The molecule has 0 aromatic rings. The number of ether oxygens (including phenoxy) is 1. The molecule has 0 aliphatic heterocycles. The van der Waals surface area contributed by atoms with Gasteiger partial charge in [-0.25, -0.2) is 4.79 Å². The fraction of sp³-hybridized carbons (Fsp3) is 0.750. The topological polar surface area (TPSA) is 68.6 Å². The predicted molar refractivity (Wildman–Crippen MR) is 80.2 cm³/mol. The highest BCUT2D eigenvalue weighted by Crippen LogP contribution is 2.12. The second kappa shape index (κ2) is 13.6. The lowest BCUT2D eigenvalue weighted by atomic mass is 10.0. The maximum Gasteiger partial charge on any atom is 0.383 e. The molecule has 0 saturated carbocycles. The van der Waals surface area contributed by atoms with Crippen LogP contribution in [0.15, 0.2) is 11.6 Å². The Morgan fingerprint density at radius 2 is 2.05 bits per heavy atom. The van der Waals surface area contributed by atoms with E-state index in [1.807, 2.05) is 6.92 Å². The van der Waals surface area contributed by atoms with E-state index < -0.39 is 5.97 Å². The van der Waals surface area contributed by atoms with Gasteiger partial charge in [0.05, 0.1) is 6.61 Å². The van der Waals surface area contributed by atoms with E-state index in [-0.39, 0.29) is 12.2 Å². The van der Waals surface area contributed by atoms with Crippen LogP contribution < -0.4 is 0 Å². The van der Waals surface area contributed by atoms with Gasteiger partial charge < -0.3 is 4.74 Å². The number of carbonyl (C=O) groups excluding carboxylic acids is 1. The third-order valence-electron chi connectivity index (χ3n) is 3.09. The summed E-state index contributed by atoms with van der Waals surface area (Å²) in [6.07, 6.45) is 6.79. The third-order valence-corrected chi connectivity index (χ3v) is 3.09. The van der Waals surface area contributed by atoms with E-state index in [4.69, 9.17) is 14.9 Å². The first-order chi connectivity index (χ1) is 10.2. The van der Waals surface area contributed by atoms with E-state index in [1.54, 1.807) is 6.07 Å². The van der Waals surface area contributed by atoms with Gasteiger partial charge in [0, 0.05) is 6.61 Å². The van der Waals surface area contributed by atoms with Crippen LogP contribution in [0.3, 0.4) is 0 Å². The minimum atomic E-state index is -0.756. The molecule has 21 heavy (non-hydrogen) atoms. The SMILES string of the molecule is CCC=C(C#N)C(=O)OOCCOCC(CC)CCCC. The first-order valence-electron chi connectivity index (χ1n) is 7.71. The van der Waals surface area contributed by atoms with Gasteiger partial charge >= 0.3 is 5.97 Å². The summed E-state index contributed by atoms with van der Waals surface area (Å²) in [6.45, 7) is 7.41. The number of nitriles is 1. The van der Waals surface area contributed by atoms with Crippen molar-refractivity contribution in [3.8, 4) is 6.07 Å². The van der Waals surface area contributed by atoms with Crippen LogP contribution in [0, 0.1) is 17.2 Å². The molecule has 0 aromatic carbocycles. The lowest BCUT2D eigenvalue weighted by molar-refractivity contribution is -0.272. The first kappa shape index (κ1) is 19.6. The van der Waals surface area contributed by atoms with Crippen LogP contribution in [0.5, 0.6) is 0 Å². The van der Waals surface area contributed by atoms with Crippen molar-refractivity contribution >= 4 is 5.97 Å². The van der Waals surface area contributed by atoms with Crippen molar-refractivity contribution in [3.63, 3.8) is 0 Å².